The van der Waals surface area contributed by atoms with Crippen molar-refractivity contribution in [2.45, 2.75) is 23.8 Å². The van der Waals surface area contributed by atoms with Gasteiger partial charge < -0.3 is 14.7 Å². The molecule has 0 spiro atoms. The van der Waals surface area contributed by atoms with E-state index in [0.29, 0.717) is 12.0 Å². The van der Waals surface area contributed by atoms with E-state index in [4.69, 9.17) is 4.74 Å². The number of fused-ring (bicyclic) bond motifs is 1. The minimum atomic E-state index is -4.00. The zero-order valence-corrected chi connectivity index (χ0v) is 22.0. The molecule has 8 nitrogen and oxygen atoms in total. The quantitative estimate of drug-likeness (QED) is 0.204. The molecule has 2 aromatic heterocycles. The van der Waals surface area contributed by atoms with Gasteiger partial charge in [-0.2, -0.15) is 4.72 Å². The first-order valence-electron chi connectivity index (χ1n) is 12.3. The van der Waals surface area contributed by atoms with Crippen LogP contribution in [0, 0.1) is 11.8 Å². The van der Waals surface area contributed by atoms with Gasteiger partial charge in [-0.3, -0.25) is 4.79 Å². The number of ether oxygens (including phenoxy) is 1. The monoisotopic (exact) mass is 538 g/mol. The molecular weight excluding hydrogens is 512 g/mol. The Morgan fingerprint density at radius 3 is 2.33 bits per heavy atom. The van der Waals surface area contributed by atoms with E-state index in [0.717, 1.165) is 33.4 Å². The van der Waals surface area contributed by atoms with Crippen LogP contribution in [-0.4, -0.2) is 42.5 Å². The Balaban J connectivity index is 1.27. The van der Waals surface area contributed by atoms with Crippen molar-refractivity contribution in [3.05, 3.63) is 119 Å². The topological polar surface area (TPSA) is 117 Å². The zero-order valence-electron chi connectivity index (χ0n) is 21.1. The van der Waals surface area contributed by atoms with Crippen molar-refractivity contribution in [2.24, 2.45) is 0 Å². The average molecular weight is 539 g/mol. The van der Waals surface area contributed by atoms with E-state index in [2.05, 4.69) is 31.5 Å². The van der Waals surface area contributed by atoms with Crippen molar-refractivity contribution in [2.75, 3.05) is 7.11 Å². The van der Waals surface area contributed by atoms with Crippen LogP contribution in [0.1, 0.15) is 28.1 Å². The predicted octanol–water partition coefficient (Wildman–Crippen LogP) is 3.94. The molecule has 0 radical (unpaired) electrons. The van der Waals surface area contributed by atoms with Gasteiger partial charge in [-0.15, -0.1) is 0 Å². The first-order chi connectivity index (χ1) is 18.9. The van der Waals surface area contributed by atoms with Crippen LogP contribution >= 0.6 is 0 Å². The van der Waals surface area contributed by atoms with Gasteiger partial charge in [0.1, 0.15) is 11.9 Å². The lowest BCUT2D eigenvalue weighted by Crippen LogP contribution is -2.42. The number of hydrogen-bond acceptors (Lipinski definition) is 5. The van der Waals surface area contributed by atoms with Crippen molar-refractivity contribution in [3.63, 3.8) is 0 Å². The molecule has 0 fully saturated rings. The molecule has 3 N–H and O–H groups in total. The molecule has 0 aliphatic rings. The molecule has 0 bridgehead atoms. The maximum Gasteiger partial charge on any atom is 0.324 e. The molecule has 1 atom stereocenters. The van der Waals surface area contributed by atoms with Gasteiger partial charge in [0.05, 0.1) is 12.0 Å². The predicted molar refractivity (Wildman–Crippen MR) is 148 cm³/mol. The lowest BCUT2D eigenvalue weighted by Gasteiger charge is -2.16. The maximum absolute atomic E-state index is 13.1. The van der Waals surface area contributed by atoms with E-state index >= 15 is 0 Å². The molecule has 0 unspecified atom stereocenters. The van der Waals surface area contributed by atoms with Gasteiger partial charge in [-0.1, -0.05) is 42.2 Å². The molecule has 0 saturated heterocycles. The van der Waals surface area contributed by atoms with Crippen molar-refractivity contribution in [1.82, 2.24) is 19.7 Å². The standard InChI is InChI=1S/C30H26N4O4S/c1-38-30(35)28(19-24-20-33-27-5-3-2-4-26(24)27)34-39(36,37)25-14-12-22(13-15-25)7-6-21-8-10-23(11-9-21)18-29-31-16-17-32-29/h2-5,8-17,20,28,33-34H,18-19H2,1H3,(H,31,32)/t28-/m1/s1. The third-order valence-corrected chi connectivity index (χ3v) is 7.77. The van der Waals surface area contributed by atoms with Crippen LogP contribution in [0.2, 0.25) is 0 Å². The van der Waals surface area contributed by atoms with Crippen molar-refractivity contribution >= 4 is 26.9 Å². The number of nitrogens with one attached hydrogen (secondary N) is 3. The highest BCUT2D eigenvalue weighted by atomic mass is 32.2. The van der Waals surface area contributed by atoms with E-state index < -0.39 is 22.0 Å². The van der Waals surface area contributed by atoms with Crippen LogP contribution < -0.4 is 4.72 Å². The summed E-state index contributed by atoms with van der Waals surface area (Å²) in [5.41, 5.74) is 4.34. The van der Waals surface area contributed by atoms with Crippen LogP contribution in [0.4, 0.5) is 0 Å². The largest absolute Gasteiger partial charge is 0.468 e. The van der Waals surface area contributed by atoms with Gasteiger partial charge in [0.25, 0.3) is 0 Å². The van der Waals surface area contributed by atoms with Gasteiger partial charge in [0, 0.05) is 53.5 Å². The Morgan fingerprint density at radius 2 is 1.67 bits per heavy atom. The fraction of sp³-hybridized carbons (Fsp3) is 0.133. The van der Waals surface area contributed by atoms with Crippen LogP contribution in [0.15, 0.2) is 96.3 Å². The Morgan fingerprint density at radius 1 is 0.974 bits per heavy atom. The fourth-order valence-corrected chi connectivity index (χ4v) is 5.43. The molecule has 3 aromatic carbocycles. The van der Waals surface area contributed by atoms with Crippen molar-refractivity contribution in [1.29, 1.82) is 0 Å². The SMILES string of the molecule is COC(=O)[C@@H](Cc1c[nH]c2ccccc12)NS(=O)(=O)c1ccc(C#Cc2ccc(Cc3ncc[nH]3)cc2)cc1. The minimum Gasteiger partial charge on any atom is -0.468 e. The Labute approximate surface area is 226 Å². The first-order valence-corrected chi connectivity index (χ1v) is 13.7. The number of sulfonamides is 1. The van der Waals surface area contributed by atoms with Gasteiger partial charge in [-0.05, 0) is 53.6 Å². The van der Waals surface area contributed by atoms with Crippen molar-refractivity contribution < 1.29 is 17.9 Å². The number of rotatable bonds is 8. The molecule has 196 valence electrons. The maximum atomic E-state index is 13.1. The molecular formula is C30H26N4O4S. The number of hydrogen-bond donors (Lipinski definition) is 3. The molecule has 39 heavy (non-hydrogen) atoms. The summed E-state index contributed by atoms with van der Waals surface area (Å²) >= 11 is 0. The number of carbonyl (C=O) groups is 1. The van der Waals surface area contributed by atoms with Crippen LogP contribution in [0.25, 0.3) is 10.9 Å². The number of H-pyrrole nitrogens is 2. The number of methoxy groups -OCH3 is 1. The summed E-state index contributed by atoms with van der Waals surface area (Å²) in [5, 5.41) is 0.917. The first kappa shape index (κ1) is 26.0. The summed E-state index contributed by atoms with van der Waals surface area (Å²) in [6.07, 6.45) is 6.15. The van der Waals surface area contributed by atoms with Crippen LogP contribution in [0.5, 0.6) is 0 Å². The fourth-order valence-electron chi connectivity index (χ4n) is 4.25. The second kappa shape index (κ2) is 11.4. The second-order valence-corrected chi connectivity index (χ2v) is 10.7. The number of esters is 1. The summed E-state index contributed by atoms with van der Waals surface area (Å²) < 4.78 is 33.6. The lowest BCUT2D eigenvalue weighted by molar-refractivity contribution is -0.142. The Bertz CT molecular complexity index is 1750. The number of benzene rings is 3. The molecule has 9 heteroatoms. The molecule has 0 aliphatic carbocycles. The van der Waals surface area contributed by atoms with Gasteiger partial charge in [-0.25, -0.2) is 13.4 Å². The summed E-state index contributed by atoms with van der Waals surface area (Å²) in [5.74, 6) is 6.39. The smallest absolute Gasteiger partial charge is 0.324 e. The van der Waals surface area contributed by atoms with E-state index in [1.54, 1.807) is 30.7 Å². The molecule has 2 heterocycles. The summed E-state index contributed by atoms with van der Waals surface area (Å²) in [6.45, 7) is 0. The third kappa shape index (κ3) is 6.26. The van der Waals surface area contributed by atoms with E-state index in [1.807, 2.05) is 48.5 Å². The summed E-state index contributed by atoms with van der Waals surface area (Å²) in [7, 11) is -2.76. The number of imidazole rings is 1. The lowest BCUT2D eigenvalue weighted by atomic mass is 10.1. The molecule has 0 aliphatic heterocycles. The molecule has 5 rings (SSSR count). The Hall–Kier alpha value is -4.65. The van der Waals surface area contributed by atoms with E-state index in [1.165, 1.54) is 19.2 Å². The Kier molecular flexibility index (Phi) is 7.59. The van der Waals surface area contributed by atoms with Gasteiger partial charge in [0.2, 0.25) is 10.0 Å². The van der Waals surface area contributed by atoms with Gasteiger partial charge >= 0.3 is 5.97 Å². The number of aromatic amines is 2. The summed E-state index contributed by atoms with van der Waals surface area (Å²) in [6, 6.07) is 20.6. The number of carbonyl (C=O) groups excluding carboxylic acids is 1. The summed E-state index contributed by atoms with van der Waals surface area (Å²) in [4.78, 5) is 23.0. The highest BCUT2D eigenvalue weighted by molar-refractivity contribution is 7.89. The third-order valence-electron chi connectivity index (χ3n) is 6.28. The van der Waals surface area contributed by atoms with E-state index in [-0.39, 0.29) is 11.3 Å². The van der Waals surface area contributed by atoms with Crippen LogP contribution in [0.3, 0.4) is 0 Å². The molecule has 0 amide bonds. The highest BCUT2D eigenvalue weighted by Crippen LogP contribution is 2.20. The molecule has 0 saturated carbocycles. The zero-order chi connectivity index (χ0) is 27.2. The molecule has 5 aromatic rings. The van der Waals surface area contributed by atoms with Gasteiger partial charge in [0.15, 0.2) is 0 Å². The highest BCUT2D eigenvalue weighted by Gasteiger charge is 2.27. The number of nitrogens with zero attached hydrogens (tertiary/aromatic N) is 1. The van der Waals surface area contributed by atoms with Crippen LogP contribution in [-0.2, 0) is 32.4 Å². The second-order valence-electron chi connectivity index (χ2n) is 8.94. The average Bonchev–Trinajstić information content (AvgIpc) is 3.62. The van der Waals surface area contributed by atoms with E-state index in [9.17, 15) is 13.2 Å². The normalized spacial score (nSPS) is 12.0. The number of para-hydroxylation sites is 1. The minimum absolute atomic E-state index is 0.0307. The van der Waals surface area contributed by atoms with Crippen molar-refractivity contribution in [3.8, 4) is 11.8 Å². The number of aromatic nitrogens is 3.